The van der Waals surface area contributed by atoms with E-state index in [4.69, 9.17) is 9.47 Å². The molecule has 2 aliphatic rings. The monoisotopic (exact) mass is 264 g/mol. The summed E-state index contributed by atoms with van der Waals surface area (Å²) in [5, 5.41) is 0. The van der Waals surface area contributed by atoms with Gasteiger partial charge in [0, 0.05) is 32.3 Å². The molecular formula is C15H24N2O2. The quantitative estimate of drug-likeness (QED) is 0.577. The molecule has 0 aromatic carbocycles. The minimum atomic E-state index is 0.747. The van der Waals surface area contributed by atoms with E-state index in [-0.39, 0.29) is 0 Å². The Kier molecular flexibility index (Phi) is 6.11. The first-order valence-electron chi connectivity index (χ1n) is 7.15. The van der Waals surface area contributed by atoms with Gasteiger partial charge in [-0.25, -0.2) is 4.99 Å². The van der Waals surface area contributed by atoms with Crippen LogP contribution in [0.25, 0.3) is 0 Å². The Morgan fingerprint density at radius 1 is 1.26 bits per heavy atom. The second-order valence-electron chi connectivity index (χ2n) is 5.03. The molecule has 0 aromatic heterocycles. The van der Waals surface area contributed by atoms with E-state index in [0.717, 1.165) is 64.6 Å². The third kappa shape index (κ3) is 5.57. The van der Waals surface area contributed by atoms with E-state index >= 15 is 0 Å². The van der Waals surface area contributed by atoms with Gasteiger partial charge >= 0.3 is 0 Å². The van der Waals surface area contributed by atoms with E-state index in [9.17, 15) is 0 Å². The summed E-state index contributed by atoms with van der Waals surface area (Å²) in [6.45, 7) is 7.75. The zero-order valence-electron chi connectivity index (χ0n) is 11.8. The van der Waals surface area contributed by atoms with Crippen LogP contribution in [0.5, 0.6) is 0 Å². The minimum Gasteiger partial charge on any atom is -0.480 e. The maximum Gasteiger partial charge on any atom is 0.191 e. The Hall–Kier alpha value is -1.13. The van der Waals surface area contributed by atoms with E-state index in [1.165, 1.54) is 5.57 Å². The van der Waals surface area contributed by atoms with Crippen LogP contribution in [-0.2, 0) is 9.47 Å². The fourth-order valence-electron chi connectivity index (χ4n) is 2.14. The average molecular weight is 264 g/mol. The second-order valence-corrected chi connectivity index (χ2v) is 5.03. The molecule has 0 spiro atoms. The van der Waals surface area contributed by atoms with Gasteiger partial charge in [0.2, 0.25) is 0 Å². The first-order valence-corrected chi connectivity index (χ1v) is 7.15. The number of allylic oxidation sites excluding steroid dienone is 2. The van der Waals surface area contributed by atoms with E-state index in [2.05, 4.69) is 29.0 Å². The Morgan fingerprint density at radius 2 is 2.05 bits per heavy atom. The van der Waals surface area contributed by atoms with Crippen LogP contribution in [0.3, 0.4) is 0 Å². The molecule has 0 radical (unpaired) electrons. The molecule has 0 N–H and O–H groups in total. The van der Waals surface area contributed by atoms with Crippen LogP contribution in [0.1, 0.15) is 26.2 Å². The van der Waals surface area contributed by atoms with Gasteiger partial charge in [0.25, 0.3) is 0 Å². The zero-order valence-corrected chi connectivity index (χ0v) is 11.8. The summed E-state index contributed by atoms with van der Waals surface area (Å²) >= 11 is 0. The molecular weight excluding hydrogens is 240 g/mol. The third-order valence-electron chi connectivity index (χ3n) is 3.32. The summed E-state index contributed by atoms with van der Waals surface area (Å²) in [6.07, 6.45) is 9.08. The summed E-state index contributed by atoms with van der Waals surface area (Å²) in [6, 6.07) is 0. The minimum absolute atomic E-state index is 0.747. The summed E-state index contributed by atoms with van der Waals surface area (Å²) in [4.78, 5) is 6.82. The fraction of sp³-hybridized carbons (Fsp3) is 0.667. The molecule has 0 aliphatic carbocycles. The van der Waals surface area contributed by atoms with Crippen molar-refractivity contribution in [1.82, 2.24) is 4.90 Å². The molecule has 0 unspecified atom stereocenters. The molecule has 2 aliphatic heterocycles. The highest BCUT2D eigenvalue weighted by atomic mass is 16.5. The van der Waals surface area contributed by atoms with Gasteiger partial charge in [-0.2, -0.15) is 0 Å². The maximum atomic E-state index is 5.75. The largest absolute Gasteiger partial charge is 0.480 e. The molecule has 0 aromatic rings. The molecule has 4 heteroatoms. The van der Waals surface area contributed by atoms with Gasteiger partial charge in [-0.15, -0.1) is 0 Å². The van der Waals surface area contributed by atoms with Crippen molar-refractivity contribution in [2.75, 3.05) is 39.5 Å². The molecule has 106 valence electrons. The van der Waals surface area contributed by atoms with E-state index in [1.807, 2.05) is 6.20 Å². The van der Waals surface area contributed by atoms with Gasteiger partial charge in [-0.1, -0.05) is 17.7 Å². The first kappa shape index (κ1) is 14.3. The predicted molar refractivity (Wildman–Crippen MR) is 77.4 cm³/mol. The number of hydrogen-bond donors (Lipinski definition) is 0. The number of aliphatic imine (C=N–C) groups is 1. The summed E-state index contributed by atoms with van der Waals surface area (Å²) in [5.41, 5.74) is 1.27. The van der Waals surface area contributed by atoms with Crippen molar-refractivity contribution in [3.63, 3.8) is 0 Å². The second kappa shape index (κ2) is 8.12. The summed E-state index contributed by atoms with van der Waals surface area (Å²) < 4.78 is 11.1. The molecule has 2 rings (SSSR count). The normalized spacial score (nSPS) is 25.7. The third-order valence-corrected chi connectivity index (χ3v) is 3.32. The van der Waals surface area contributed by atoms with Gasteiger partial charge in [0.05, 0.1) is 19.8 Å². The zero-order chi connectivity index (χ0) is 13.3. The van der Waals surface area contributed by atoms with Crippen LogP contribution in [0.2, 0.25) is 0 Å². The molecule has 4 nitrogen and oxygen atoms in total. The number of hydrogen-bond acceptors (Lipinski definition) is 4. The van der Waals surface area contributed by atoms with Crippen molar-refractivity contribution in [3.05, 3.63) is 23.9 Å². The first-order chi connectivity index (χ1) is 9.34. The average Bonchev–Trinajstić information content (AvgIpc) is 2.43. The number of ether oxygens (including phenoxy) is 2. The van der Waals surface area contributed by atoms with E-state index in [0.29, 0.717) is 0 Å². The SMILES string of the molecule is C/C1=C/N=C(OCCCN2CCOCC2)C/C=C\C1. The topological polar surface area (TPSA) is 34.1 Å². The van der Waals surface area contributed by atoms with Gasteiger partial charge in [-0.05, 0) is 19.8 Å². The van der Waals surface area contributed by atoms with Gasteiger partial charge in [-0.3, -0.25) is 4.90 Å². The van der Waals surface area contributed by atoms with Crippen molar-refractivity contribution < 1.29 is 9.47 Å². The Morgan fingerprint density at radius 3 is 2.89 bits per heavy atom. The van der Waals surface area contributed by atoms with E-state index in [1.54, 1.807) is 0 Å². The number of morpholine rings is 1. The van der Waals surface area contributed by atoms with Crippen LogP contribution in [0.15, 0.2) is 28.9 Å². The Bertz CT molecular complexity index is 355. The Labute approximate surface area is 115 Å². The van der Waals surface area contributed by atoms with Crippen molar-refractivity contribution in [2.45, 2.75) is 26.2 Å². The predicted octanol–water partition coefficient (Wildman–Crippen LogP) is 2.38. The van der Waals surface area contributed by atoms with Crippen molar-refractivity contribution in [2.24, 2.45) is 4.99 Å². The highest BCUT2D eigenvalue weighted by Gasteiger charge is 2.09. The standard InChI is InChI=1S/C15H24N2O2/c1-14-5-2-3-6-15(16-13-14)19-10-4-7-17-8-11-18-12-9-17/h2-3,13H,4-12H2,1H3/b3-2-,14-13-,16-15?. The van der Waals surface area contributed by atoms with Gasteiger partial charge in [0.15, 0.2) is 5.90 Å². The molecule has 0 atom stereocenters. The van der Waals surface area contributed by atoms with Crippen LogP contribution in [0, 0.1) is 0 Å². The summed E-state index contributed by atoms with van der Waals surface area (Å²) in [5.74, 6) is 0.831. The van der Waals surface area contributed by atoms with Crippen LogP contribution in [-0.4, -0.2) is 50.3 Å². The lowest BCUT2D eigenvalue weighted by atomic mass is 10.2. The van der Waals surface area contributed by atoms with Gasteiger partial charge in [0.1, 0.15) is 0 Å². The van der Waals surface area contributed by atoms with Crippen molar-refractivity contribution in [1.29, 1.82) is 0 Å². The molecule has 0 amide bonds. The van der Waals surface area contributed by atoms with Gasteiger partial charge < -0.3 is 9.47 Å². The maximum absolute atomic E-state index is 5.75. The fourth-order valence-corrected chi connectivity index (χ4v) is 2.14. The molecule has 1 saturated heterocycles. The molecule has 0 saturated carbocycles. The van der Waals surface area contributed by atoms with Crippen molar-refractivity contribution >= 4 is 5.90 Å². The molecule has 2 heterocycles. The number of rotatable bonds is 4. The van der Waals surface area contributed by atoms with Crippen molar-refractivity contribution in [3.8, 4) is 0 Å². The van der Waals surface area contributed by atoms with Crippen LogP contribution < -0.4 is 0 Å². The highest BCUT2D eigenvalue weighted by Crippen LogP contribution is 2.07. The molecule has 1 fully saturated rings. The lowest BCUT2D eigenvalue weighted by molar-refractivity contribution is 0.0355. The lowest BCUT2D eigenvalue weighted by Gasteiger charge is -2.26. The highest BCUT2D eigenvalue weighted by molar-refractivity contribution is 5.78. The lowest BCUT2D eigenvalue weighted by Crippen LogP contribution is -2.37. The number of nitrogens with zero attached hydrogens (tertiary/aromatic N) is 2. The van der Waals surface area contributed by atoms with Crippen LogP contribution >= 0.6 is 0 Å². The summed E-state index contributed by atoms with van der Waals surface area (Å²) in [7, 11) is 0. The van der Waals surface area contributed by atoms with Crippen LogP contribution in [0.4, 0.5) is 0 Å². The molecule has 19 heavy (non-hydrogen) atoms. The molecule has 0 bridgehead atoms. The van der Waals surface area contributed by atoms with E-state index < -0.39 is 0 Å². The Balaban J connectivity index is 1.65. The smallest absolute Gasteiger partial charge is 0.191 e.